The van der Waals surface area contributed by atoms with Crippen LogP contribution < -0.4 is 15.5 Å². The third-order valence-electron chi connectivity index (χ3n) is 6.95. The molecule has 3 aromatic rings. The van der Waals surface area contributed by atoms with Crippen LogP contribution in [0.15, 0.2) is 46.5 Å². The van der Waals surface area contributed by atoms with Gasteiger partial charge in [0, 0.05) is 29.1 Å². The van der Waals surface area contributed by atoms with Crippen LogP contribution in [0.2, 0.25) is 0 Å². The van der Waals surface area contributed by atoms with Crippen molar-refractivity contribution in [3.8, 4) is 0 Å². The number of aromatic nitrogens is 4. The highest BCUT2D eigenvalue weighted by molar-refractivity contribution is 7.99. The van der Waals surface area contributed by atoms with E-state index in [-0.39, 0.29) is 5.91 Å². The van der Waals surface area contributed by atoms with Crippen molar-refractivity contribution in [2.75, 3.05) is 28.6 Å². The van der Waals surface area contributed by atoms with Crippen LogP contribution in [0, 0.1) is 12.8 Å². The van der Waals surface area contributed by atoms with E-state index in [9.17, 15) is 9.90 Å². The molecule has 1 aliphatic heterocycles. The van der Waals surface area contributed by atoms with Gasteiger partial charge in [0.05, 0.1) is 18.8 Å². The molecule has 2 aliphatic rings. The van der Waals surface area contributed by atoms with Crippen LogP contribution in [0.5, 0.6) is 0 Å². The maximum absolute atomic E-state index is 11.7. The number of β-amino-alcohol motifs (C(OH)–C–C–N with tert-alkyl or cyclic N) is 1. The number of hydrogen-bond donors (Lipinski definition) is 4. The zero-order chi connectivity index (χ0) is 25.1. The molecule has 3 heterocycles. The van der Waals surface area contributed by atoms with Gasteiger partial charge < -0.3 is 20.6 Å². The fourth-order valence-corrected chi connectivity index (χ4v) is 5.71. The molecule has 1 aromatic carbocycles. The largest absolute Gasteiger partial charge is 0.386 e. The van der Waals surface area contributed by atoms with Gasteiger partial charge in [-0.25, -0.2) is 9.97 Å². The first-order valence-corrected chi connectivity index (χ1v) is 13.4. The zero-order valence-electron chi connectivity index (χ0n) is 20.8. The second kappa shape index (κ2) is 10.5. The first-order chi connectivity index (χ1) is 17.4. The summed E-state index contributed by atoms with van der Waals surface area (Å²) < 4.78 is 0. The topological polar surface area (TPSA) is 119 Å². The molecule has 2 fully saturated rings. The normalized spacial score (nSPS) is 17.5. The Kier molecular flexibility index (Phi) is 7.15. The number of amides is 1. The van der Waals surface area contributed by atoms with Gasteiger partial charge in [0.15, 0.2) is 5.16 Å². The Bertz CT molecular complexity index is 1200. The molecule has 9 nitrogen and oxygen atoms in total. The Morgan fingerprint density at radius 2 is 1.92 bits per heavy atom. The molecule has 10 heteroatoms. The number of aliphatic hydroxyl groups is 1. The van der Waals surface area contributed by atoms with Crippen LogP contribution in [0.3, 0.4) is 0 Å². The first kappa shape index (κ1) is 24.6. The molecule has 190 valence electrons. The van der Waals surface area contributed by atoms with E-state index in [2.05, 4.69) is 25.7 Å². The van der Waals surface area contributed by atoms with Crippen molar-refractivity contribution >= 4 is 40.8 Å². The standard InChI is InChI=1S/C26H33N7O2S/c1-3-24(34)27-19-9-11-20(12-10-19)36-25-29-21(28-22-13-17(2)31-32-22)14-23(30-25)33-15-26(35,16-33)18-7-5-4-6-8-18/h9-14,18,35H,3-8,15-16H2,1-2H3,(H,27,34)(H2,28,29,30,31,32). The summed E-state index contributed by atoms with van der Waals surface area (Å²) in [5, 5.41) is 25.1. The van der Waals surface area contributed by atoms with Gasteiger partial charge in [0.2, 0.25) is 5.91 Å². The van der Waals surface area contributed by atoms with Gasteiger partial charge in [0.1, 0.15) is 23.1 Å². The minimum Gasteiger partial charge on any atom is -0.386 e. The molecule has 5 rings (SSSR count). The van der Waals surface area contributed by atoms with Crippen LogP contribution in [0.4, 0.5) is 23.1 Å². The number of carbonyl (C=O) groups is 1. The van der Waals surface area contributed by atoms with E-state index < -0.39 is 5.60 Å². The van der Waals surface area contributed by atoms with Crippen LogP contribution >= 0.6 is 11.8 Å². The summed E-state index contributed by atoms with van der Waals surface area (Å²) in [4.78, 5) is 24.3. The number of nitrogens with zero attached hydrogens (tertiary/aromatic N) is 4. The van der Waals surface area contributed by atoms with E-state index in [4.69, 9.17) is 9.97 Å². The summed E-state index contributed by atoms with van der Waals surface area (Å²) in [5.41, 5.74) is 1.02. The monoisotopic (exact) mass is 507 g/mol. The van der Waals surface area contributed by atoms with E-state index in [1.54, 1.807) is 0 Å². The fourth-order valence-electron chi connectivity index (χ4n) is 4.94. The van der Waals surface area contributed by atoms with Crippen LogP contribution in [0.25, 0.3) is 0 Å². The van der Waals surface area contributed by atoms with E-state index >= 15 is 0 Å². The molecule has 1 saturated heterocycles. The van der Waals surface area contributed by atoms with Gasteiger partial charge in [-0.1, -0.05) is 26.2 Å². The second-order valence-electron chi connectivity index (χ2n) is 9.76. The molecule has 2 aromatic heterocycles. The van der Waals surface area contributed by atoms with Crippen molar-refractivity contribution in [1.29, 1.82) is 0 Å². The Labute approximate surface area is 215 Å². The highest BCUT2D eigenvalue weighted by Gasteiger charge is 2.48. The van der Waals surface area contributed by atoms with Crippen LogP contribution in [0.1, 0.15) is 51.1 Å². The summed E-state index contributed by atoms with van der Waals surface area (Å²) in [7, 11) is 0. The van der Waals surface area contributed by atoms with Gasteiger partial charge in [-0.3, -0.25) is 9.89 Å². The van der Waals surface area contributed by atoms with Gasteiger partial charge in [-0.15, -0.1) is 0 Å². The Hall–Kier alpha value is -3.11. The molecule has 36 heavy (non-hydrogen) atoms. The average molecular weight is 508 g/mol. The predicted octanol–water partition coefficient (Wildman–Crippen LogP) is 4.88. The third-order valence-corrected chi connectivity index (χ3v) is 7.82. The summed E-state index contributed by atoms with van der Waals surface area (Å²) in [5.74, 6) is 2.56. The maximum atomic E-state index is 11.7. The molecule has 0 spiro atoms. The lowest BCUT2D eigenvalue weighted by atomic mass is 9.73. The average Bonchev–Trinajstić information content (AvgIpc) is 3.27. The molecule has 1 aliphatic carbocycles. The maximum Gasteiger partial charge on any atom is 0.224 e. The van der Waals surface area contributed by atoms with Crippen molar-refractivity contribution in [2.45, 2.75) is 68.0 Å². The lowest BCUT2D eigenvalue weighted by molar-refractivity contribution is -0.115. The highest BCUT2D eigenvalue weighted by atomic mass is 32.2. The number of carbonyl (C=O) groups excluding carboxylic acids is 1. The molecular formula is C26H33N7O2S. The van der Waals surface area contributed by atoms with Crippen molar-refractivity contribution in [2.24, 2.45) is 5.92 Å². The number of anilines is 4. The number of benzene rings is 1. The highest BCUT2D eigenvalue weighted by Crippen LogP contribution is 2.40. The SMILES string of the molecule is CCC(=O)Nc1ccc(Sc2nc(Nc3cc(C)n[nH]3)cc(N3CC(O)(C4CCCCC4)C3)n2)cc1. The van der Waals surface area contributed by atoms with Crippen LogP contribution in [-0.4, -0.2) is 49.9 Å². The minimum absolute atomic E-state index is 0.0149. The molecular weight excluding hydrogens is 474 g/mol. The molecule has 0 unspecified atom stereocenters. The predicted molar refractivity (Wildman–Crippen MR) is 142 cm³/mol. The number of H-pyrrole nitrogens is 1. The smallest absolute Gasteiger partial charge is 0.224 e. The summed E-state index contributed by atoms with van der Waals surface area (Å²) >= 11 is 1.46. The quantitative estimate of drug-likeness (QED) is 0.319. The van der Waals surface area contributed by atoms with Crippen LogP contribution in [-0.2, 0) is 4.79 Å². The second-order valence-corrected chi connectivity index (χ2v) is 10.8. The summed E-state index contributed by atoms with van der Waals surface area (Å²) in [6.07, 6.45) is 6.34. The Morgan fingerprint density at radius 3 is 2.58 bits per heavy atom. The van der Waals surface area contributed by atoms with Gasteiger partial charge in [0.25, 0.3) is 0 Å². The van der Waals surface area contributed by atoms with Crippen molar-refractivity contribution in [1.82, 2.24) is 20.2 Å². The van der Waals surface area contributed by atoms with E-state index in [1.165, 1.54) is 31.0 Å². The van der Waals surface area contributed by atoms with Crippen molar-refractivity contribution in [3.05, 3.63) is 42.1 Å². The minimum atomic E-state index is -0.633. The number of aromatic amines is 1. The first-order valence-electron chi connectivity index (χ1n) is 12.6. The summed E-state index contributed by atoms with van der Waals surface area (Å²) in [6.45, 7) is 4.93. The Morgan fingerprint density at radius 1 is 1.17 bits per heavy atom. The van der Waals surface area contributed by atoms with E-state index in [1.807, 2.05) is 50.2 Å². The molecule has 0 bridgehead atoms. The van der Waals surface area contributed by atoms with Gasteiger partial charge >= 0.3 is 0 Å². The number of hydrogen-bond acceptors (Lipinski definition) is 8. The van der Waals surface area contributed by atoms with Gasteiger partial charge in [-0.2, -0.15) is 5.10 Å². The zero-order valence-corrected chi connectivity index (χ0v) is 21.6. The lowest BCUT2D eigenvalue weighted by Crippen LogP contribution is -2.66. The molecule has 0 radical (unpaired) electrons. The van der Waals surface area contributed by atoms with Crippen molar-refractivity contribution in [3.63, 3.8) is 0 Å². The molecule has 0 atom stereocenters. The number of aryl methyl sites for hydroxylation is 1. The Balaban J connectivity index is 1.34. The fraction of sp³-hybridized carbons (Fsp3) is 0.462. The third kappa shape index (κ3) is 5.65. The van der Waals surface area contributed by atoms with Gasteiger partial charge in [-0.05, 0) is 61.7 Å². The van der Waals surface area contributed by atoms with Crippen molar-refractivity contribution < 1.29 is 9.90 Å². The summed E-state index contributed by atoms with van der Waals surface area (Å²) in [6, 6.07) is 11.5. The lowest BCUT2D eigenvalue weighted by Gasteiger charge is -2.52. The number of nitrogens with one attached hydrogen (secondary N) is 3. The number of rotatable bonds is 8. The van der Waals surface area contributed by atoms with E-state index in [0.717, 1.165) is 40.8 Å². The van der Waals surface area contributed by atoms with E-state index in [0.29, 0.717) is 36.4 Å². The molecule has 1 amide bonds. The molecule has 1 saturated carbocycles. The molecule has 4 N–H and O–H groups in total.